The lowest BCUT2D eigenvalue weighted by Gasteiger charge is -2.64. The van der Waals surface area contributed by atoms with Crippen molar-refractivity contribution in [1.82, 2.24) is 0 Å². The van der Waals surface area contributed by atoms with Gasteiger partial charge >= 0.3 is 5.97 Å². The molecule has 2 N–H and O–H groups in total. The molecule has 4 rings (SSSR count). The van der Waals surface area contributed by atoms with Gasteiger partial charge in [-0.15, -0.1) is 0 Å². The lowest BCUT2D eigenvalue weighted by Crippen LogP contribution is -2.61. The van der Waals surface area contributed by atoms with Crippen LogP contribution in [0.2, 0.25) is 0 Å². The highest BCUT2D eigenvalue weighted by Gasteiger charge is 2.67. The van der Waals surface area contributed by atoms with Gasteiger partial charge < -0.3 is 10.2 Å². The third-order valence-corrected chi connectivity index (χ3v) is 8.67. The van der Waals surface area contributed by atoms with Gasteiger partial charge in [0.1, 0.15) is 0 Å². The number of hydrogen-bond donors (Lipinski definition) is 2. The number of fused-ring (bicyclic) bond motifs is 3. The van der Waals surface area contributed by atoms with E-state index in [1.54, 1.807) is 0 Å². The van der Waals surface area contributed by atoms with Crippen LogP contribution in [0.25, 0.3) is 0 Å². The van der Waals surface area contributed by atoms with Crippen LogP contribution in [-0.4, -0.2) is 22.3 Å². The topological polar surface area (TPSA) is 57.5 Å². The van der Waals surface area contributed by atoms with E-state index in [-0.39, 0.29) is 22.9 Å². The first-order valence-corrected chi connectivity index (χ1v) is 9.35. The van der Waals surface area contributed by atoms with Gasteiger partial charge in [0.2, 0.25) is 0 Å². The molecule has 0 aromatic heterocycles. The fourth-order valence-electron chi connectivity index (χ4n) is 7.65. The van der Waals surface area contributed by atoms with Gasteiger partial charge in [-0.2, -0.15) is 0 Å². The maximum atomic E-state index is 12.0. The molecule has 7 atom stereocenters. The van der Waals surface area contributed by atoms with Gasteiger partial charge in [0, 0.05) is 11.3 Å². The summed E-state index contributed by atoms with van der Waals surface area (Å²) in [5, 5.41) is 20.9. The van der Waals surface area contributed by atoms with E-state index >= 15 is 0 Å². The summed E-state index contributed by atoms with van der Waals surface area (Å²) in [5.74, 6) is 0.378. The molecule has 0 unspecified atom stereocenters. The number of hydrogen-bond acceptors (Lipinski definition) is 2. The van der Waals surface area contributed by atoms with E-state index in [1.165, 1.54) is 5.57 Å². The Labute approximate surface area is 139 Å². The number of aliphatic hydroxyl groups excluding tert-OH is 1. The number of aliphatic hydroxyl groups is 1. The summed E-state index contributed by atoms with van der Waals surface area (Å²) >= 11 is 0. The van der Waals surface area contributed by atoms with Crippen LogP contribution in [0.3, 0.4) is 0 Å². The second-order valence-corrected chi connectivity index (χ2v) is 9.42. The molecule has 0 amide bonds. The van der Waals surface area contributed by atoms with Crippen LogP contribution in [-0.2, 0) is 4.79 Å². The third-order valence-electron chi connectivity index (χ3n) is 8.67. The normalized spacial score (nSPS) is 55.2. The van der Waals surface area contributed by atoms with Crippen LogP contribution >= 0.6 is 0 Å². The lowest BCUT2D eigenvalue weighted by atomic mass is 9.40. The van der Waals surface area contributed by atoms with Crippen molar-refractivity contribution in [2.24, 2.45) is 34.0 Å². The molecule has 4 aliphatic rings. The van der Waals surface area contributed by atoms with Gasteiger partial charge in [0.05, 0.1) is 11.5 Å². The number of rotatable bonds is 1. The molecular weight excluding hydrogens is 288 g/mol. The first kappa shape index (κ1) is 15.7. The van der Waals surface area contributed by atoms with Gasteiger partial charge in [0.15, 0.2) is 0 Å². The van der Waals surface area contributed by atoms with Crippen molar-refractivity contribution in [2.75, 3.05) is 0 Å². The molecule has 0 radical (unpaired) electrons. The zero-order chi connectivity index (χ0) is 16.6. The van der Waals surface area contributed by atoms with Gasteiger partial charge in [0.25, 0.3) is 0 Å². The van der Waals surface area contributed by atoms with Crippen molar-refractivity contribution in [3.63, 3.8) is 0 Å². The molecule has 0 aromatic carbocycles. The SMILES string of the molecule is C=C1C[C@@]23CC[C@H]4[C@@](C)(CCC[C@@]4(C)C(=O)O)[C@@H]2CC[C@@H]1[C@H]3O. The Morgan fingerprint density at radius 2 is 1.87 bits per heavy atom. The molecule has 2 bridgehead atoms. The molecular formula is C20H30O3. The summed E-state index contributed by atoms with van der Waals surface area (Å²) in [6.45, 7) is 8.58. The Balaban J connectivity index is 1.78. The van der Waals surface area contributed by atoms with Crippen LogP contribution in [0.1, 0.15) is 65.2 Å². The Hall–Kier alpha value is -0.830. The van der Waals surface area contributed by atoms with Gasteiger partial charge in [-0.1, -0.05) is 25.5 Å². The molecule has 4 saturated carbocycles. The second kappa shape index (κ2) is 4.62. The molecule has 1 spiro atoms. The van der Waals surface area contributed by atoms with Gasteiger partial charge in [-0.3, -0.25) is 4.79 Å². The van der Waals surface area contributed by atoms with Crippen molar-refractivity contribution in [2.45, 2.75) is 71.3 Å². The average molecular weight is 318 g/mol. The number of carboxylic acid groups (broad SMARTS) is 1. The first-order chi connectivity index (χ1) is 10.8. The highest BCUT2D eigenvalue weighted by molar-refractivity contribution is 5.75. The van der Waals surface area contributed by atoms with Crippen LogP contribution in [0.5, 0.6) is 0 Å². The van der Waals surface area contributed by atoms with Crippen molar-refractivity contribution < 1.29 is 15.0 Å². The minimum absolute atomic E-state index is 0.0119. The van der Waals surface area contributed by atoms with Crippen molar-refractivity contribution in [3.8, 4) is 0 Å². The first-order valence-electron chi connectivity index (χ1n) is 9.35. The number of aliphatic carboxylic acids is 1. The summed E-state index contributed by atoms with van der Waals surface area (Å²) in [6, 6.07) is 0. The number of carbonyl (C=O) groups is 1. The van der Waals surface area contributed by atoms with Gasteiger partial charge in [-0.05, 0) is 69.1 Å². The Morgan fingerprint density at radius 1 is 1.13 bits per heavy atom. The third kappa shape index (κ3) is 1.72. The Bertz CT molecular complexity index is 569. The van der Waals surface area contributed by atoms with E-state index in [0.717, 1.165) is 51.4 Å². The summed E-state index contributed by atoms with van der Waals surface area (Å²) in [7, 11) is 0. The van der Waals surface area contributed by atoms with E-state index in [0.29, 0.717) is 11.8 Å². The Kier molecular flexibility index (Phi) is 3.15. The predicted molar refractivity (Wildman–Crippen MR) is 88.8 cm³/mol. The molecule has 0 heterocycles. The fourth-order valence-corrected chi connectivity index (χ4v) is 7.65. The van der Waals surface area contributed by atoms with E-state index in [9.17, 15) is 15.0 Å². The minimum atomic E-state index is -0.616. The van der Waals surface area contributed by atoms with Crippen LogP contribution < -0.4 is 0 Å². The highest BCUT2D eigenvalue weighted by atomic mass is 16.4. The molecule has 4 fully saturated rings. The summed E-state index contributed by atoms with van der Waals surface area (Å²) in [5.41, 5.74) is 0.702. The predicted octanol–water partition coefficient (Wildman–Crippen LogP) is 4.01. The zero-order valence-corrected chi connectivity index (χ0v) is 14.5. The van der Waals surface area contributed by atoms with Crippen molar-refractivity contribution in [1.29, 1.82) is 0 Å². The zero-order valence-electron chi connectivity index (χ0n) is 14.5. The second-order valence-electron chi connectivity index (χ2n) is 9.42. The highest BCUT2D eigenvalue weighted by Crippen LogP contribution is 2.72. The number of carboxylic acids is 1. The maximum absolute atomic E-state index is 12.0. The van der Waals surface area contributed by atoms with Gasteiger partial charge in [-0.25, -0.2) is 0 Å². The van der Waals surface area contributed by atoms with Crippen LogP contribution in [0.15, 0.2) is 12.2 Å². The summed E-state index contributed by atoms with van der Waals surface area (Å²) < 4.78 is 0. The van der Waals surface area contributed by atoms with Crippen LogP contribution in [0.4, 0.5) is 0 Å². The largest absolute Gasteiger partial charge is 0.481 e. The molecule has 3 nitrogen and oxygen atoms in total. The maximum Gasteiger partial charge on any atom is 0.309 e. The average Bonchev–Trinajstić information content (AvgIpc) is 2.63. The molecule has 0 saturated heterocycles. The molecule has 0 aliphatic heterocycles. The molecule has 23 heavy (non-hydrogen) atoms. The molecule has 4 aliphatic carbocycles. The fraction of sp³-hybridized carbons (Fsp3) is 0.850. The van der Waals surface area contributed by atoms with E-state index in [2.05, 4.69) is 13.5 Å². The summed E-state index contributed by atoms with van der Waals surface area (Å²) in [4.78, 5) is 12.0. The van der Waals surface area contributed by atoms with Crippen LogP contribution in [0, 0.1) is 34.0 Å². The van der Waals surface area contributed by atoms with Crippen molar-refractivity contribution >= 4 is 5.97 Å². The summed E-state index contributed by atoms with van der Waals surface area (Å²) in [6.07, 6.45) is 7.77. The molecule has 3 heteroatoms. The minimum Gasteiger partial charge on any atom is -0.481 e. The van der Waals surface area contributed by atoms with E-state index in [1.807, 2.05) is 6.92 Å². The lowest BCUT2D eigenvalue weighted by molar-refractivity contribution is -0.197. The standard InChI is InChI=1S/C20H30O3/c1-12-11-20-10-7-14-18(2,8-4-9-19(14,3)17(22)23)15(20)6-5-13(12)16(20)21/h13-16,21H,1,4-11H2,2-3H3,(H,22,23)/t13-,14-,15-,16+,18+,19+,20-/m0/s1. The monoisotopic (exact) mass is 318 g/mol. The molecule has 0 aromatic rings. The van der Waals surface area contributed by atoms with E-state index < -0.39 is 11.4 Å². The quantitative estimate of drug-likeness (QED) is 0.718. The Morgan fingerprint density at radius 3 is 2.57 bits per heavy atom. The smallest absolute Gasteiger partial charge is 0.309 e. The molecule has 128 valence electrons. The van der Waals surface area contributed by atoms with Crippen molar-refractivity contribution in [3.05, 3.63) is 12.2 Å². The van der Waals surface area contributed by atoms with E-state index in [4.69, 9.17) is 0 Å².